The van der Waals surface area contributed by atoms with E-state index in [0.29, 0.717) is 11.3 Å². The van der Waals surface area contributed by atoms with E-state index >= 15 is 0 Å². The van der Waals surface area contributed by atoms with E-state index in [-0.39, 0.29) is 22.5 Å². The smallest absolute Gasteiger partial charge is 0.291 e. The van der Waals surface area contributed by atoms with Crippen LogP contribution in [0.4, 0.5) is 13.2 Å². The zero-order valence-corrected chi connectivity index (χ0v) is 16.0. The maximum Gasteiger partial charge on any atom is 0.416 e. The minimum atomic E-state index is -4.55. The highest BCUT2D eigenvalue weighted by atomic mass is 32.2. The molecule has 29 heavy (non-hydrogen) atoms. The molecule has 2 saturated carbocycles. The van der Waals surface area contributed by atoms with E-state index in [1.54, 1.807) is 0 Å². The molecular weight excluding hydrogens is 407 g/mol. The zero-order chi connectivity index (χ0) is 20.6. The minimum absolute atomic E-state index is 0.0740. The monoisotopic (exact) mass is 425 g/mol. The van der Waals surface area contributed by atoms with Gasteiger partial charge in [0.2, 0.25) is 10.0 Å². The van der Waals surface area contributed by atoms with Crippen molar-refractivity contribution in [2.24, 2.45) is 11.8 Å². The summed E-state index contributed by atoms with van der Waals surface area (Å²) in [6.45, 7) is 0. The molecule has 3 aliphatic rings. The molecule has 2 aliphatic carbocycles. The van der Waals surface area contributed by atoms with Gasteiger partial charge in [0.15, 0.2) is 5.78 Å². The standard InChI is InChI=1S/C19H18F3N3O3S/c20-19(21,22)12-5-7-13(8-6-12)29(27,28)25-16(10-1-2-10)14-9-23-24-15(14)18(26)17(25)11-3-4-11/h5-11,16-17H,1-4H2,(H,23,24). The molecule has 2 unspecified atom stereocenters. The van der Waals surface area contributed by atoms with Crippen molar-refractivity contribution in [2.45, 2.75) is 48.8 Å². The maximum absolute atomic E-state index is 13.6. The van der Waals surface area contributed by atoms with Crippen LogP contribution in [-0.4, -0.2) is 34.7 Å². The number of ketones is 1. The summed E-state index contributed by atoms with van der Waals surface area (Å²) in [7, 11) is -4.18. The van der Waals surface area contributed by atoms with Crippen molar-refractivity contribution < 1.29 is 26.4 Å². The first kappa shape index (κ1) is 18.8. The molecule has 0 bridgehead atoms. The number of alkyl halides is 3. The summed E-state index contributed by atoms with van der Waals surface area (Å²) in [4.78, 5) is 12.9. The number of rotatable bonds is 4. The van der Waals surface area contributed by atoms with Gasteiger partial charge >= 0.3 is 6.18 Å². The fourth-order valence-corrected chi connectivity index (χ4v) is 6.11. The number of carbonyl (C=O) groups is 1. The molecule has 6 nitrogen and oxygen atoms in total. The fraction of sp³-hybridized carbons (Fsp3) is 0.474. The SMILES string of the molecule is O=C1c2[nH]ncc2C(C2CC2)N(S(=O)(=O)c2ccc(C(F)(F)F)cc2)C1C1CC1. The fourth-order valence-electron chi connectivity index (χ4n) is 4.23. The van der Waals surface area contributed by atoms with E-state index in [9.17, 15) is 26.4 Å². The number of benzene rings is 1. The summed E-state index contributed by atoms with van der Waals surface area (Å²) >= 11 is 0. The second kappa shape index (κ2) is 6.15. The van der Waals surface area contributed by atoms with Crippen LogP contribution in [0.15, 0.2) is 35.4 Å². The molecule has 1 aliphatic heterocycles. The first-order valence-corrected chi connectivity index (χ1v) is 10.9. The Bertz CT molecular complexity index is 1070. The Balaban J connectivity index is 1.62. The van der Waals surface area contributed by atoms with Crippen molar-refractivity contribution in [2.75, 3.05) is 0 Å². The molecule has 2 fully saturated rings. The summed E-state index contributed by atoms with van der Waals surface area (Å²) in [6.07, 6.45) is 0.100. The van der Waals surface area contributed by atoms with E-state index in [2.05, 4.69) is 10.2 Å². The van der Waals surface area contributed by atoms with Crippen LogP contribution in [0.25, 0.3) is 0 Å². The van der Waals surface area contributed by atoms with E-state index in [1.807, 2.05) is 0 Å². The number of hydrogen-bond acceptors (Lipinski definition) is 4. The van der Waals surface area contributed by atoms with Gasteiger partial charge in [-0.2, -0.15) is 22.6 Å². The number of aromatic nitrogens is 2. The molecule has 0 spiro atoms. The predicted octanol–water partition coefficient (Wildman–Crippen LogP) is 3.55. The summed E-state index contributed by atoms with van der Waals surface area (Å²) in [6, 6.07) is 2.10. The van der Waals surface area contributed by atoms with Crippen molar-refractivity contribution in [3.8, 4) is 0 Å². The Labute approximate surface area is 165 Å². The number of sulfonamides is 1. The molecule has 1 aromatic heterocycles. The highest BCUT2D eigenvalue weighted by Crippen LogP contribution is 2.53. The van der Waals surface area contributed by atoms with Crippen LogP contribution >= 0.6 is 0 Å². The van der Waals surface area contributed by atoms with Gasteiger partial charge in [-0.15, -0.1) is 0 Å². The first-order valence-electron chi connectivity index (χ1n) is 9.48. The minimum Gasteiger partial charge on any atom is -0.291 e. The Morgan fingerprint density at radius 3 is 2.14 bits per heavy atom. The van der Waals surface area contributed by atoms with Crippen LogP contribution in [0.2, 0.25) is 0 Å². The number of nitrogens with zero attached hydrogens (tertiary/aromatic N) is 2. The van der Waals surface area contributed by atoms with Gasteiger partial charge in [0.1, 0.15) is 5.69 Å². The van der Waals surface area contributed by atoms with Crippen molar-refractivity contribution >= 4 is 15.8 Å². The number of H-pyrrole nitrogens is 1. The molecule has 5 rings (SSSR count). The summed E-state index contributed by atoms with van der Waals surface area (Å²) in [5.41, 5.74) is 0.00309. The Hall–Kier alpha value is -2.20. The number of Topliss-reactive ketones (excluding diaryl/α,β-unsaturated/α-hetero) is 1. The molecule has 10 heteroatoms. The van der Waals surface area contributed by atoms with Crippen LogP contribution in [0, 0.1) is 11.8 Å². The number of fused-ring (bicyclic) bond motifs is 1. The lowest BCUT2D eigenvalue weighted by Crippen LogP contribution is -2.52. The normalized spacial score (nSPS) is 25.8. The van der Waals surface area contributed by atoms with Gasteiger partial charge in [0.05, 0.1) is 28.7 Å². The van der Waals surface area contributed by atoms with E-state index in [0.717, 1.165) is 49.9 Å². The lowest BCUT2D eigenvalue weighted by molar-refractivity contribution is -0.137. The Morgan fingerprint density at radius 2 is 1.59 bits per heavy atom. The second-order valence-corrected chi connectivity index (χ2v) is 9.83. The van der Waals surface area contributed by atoms with Gasteiger partial charge in [0, 0.05) is 5.56 Å². The van der Waals surface area contributed by atoms with Crippen LogP contribution in [0.5, 0.6) is 0 Å². The van der Waals surface area contributed by atoms with E-state index < -0.39 is 33.8 Å². The average Bonchev–Trinajstić information content (AvgIpc) is 3.59. The maximum atomic E-state index is 13.6. The third-order valence-corrected chi connectivity index (χ3v) is 7.82. The summed E-state index contributed by atoms with van der Waals surface area (Å²) < 4.78 is 67.1. The Kier molecular flexibility index (Phi) is 3.99. The number of aromatic amines is 1. The quantitative estimate of drug-likeness (QED) is 0.812. The molecule has 2 heterocycles. The second-order valence-electron chi connectivity index (χ2n) is 7.99. The lowest BCUT2D eigenvalue weighted by Gasteiger charge is -2.40. The van der Waals surface area contributed by atoms with Gasteiger partial charge in [-0.1, -0.05) is 0 Å². The van der Waals surface area contributed by atoms with Crippen molar-refractivity contribution in [3.63, 3.8) is 0 Å². The highest BCUT2D eigenvalue weighted by Gasteiger charge is 2.56. The van der Waals surface area contributed by atoms with Crippen LogP contribution in [0.3, 0.4) is 0 Å². The van der Waals surface area contributed by atoms with Gasteiger partial charge in [-0.05, 0) is 61.8 Å². The van der Waals surface area contributed by atoms with E-state index in [4.69, 9.17) is 0 Å². The number of hydrogen-bond donors (Lipinski definition) is 1. The third-order valence-electron chi connectivity index (χ3n) is 5.94. The largest absolute Gasteiger partial charge is 0.416 e. The molecule has 1 N–H and O–H groups in total. The van der Waals surface area contributed by atoms with Gasteiger partial charge in [0.25, 0.3) is 0 Å². The van der Waals surface area contributed by atoms with Gasteiger partial charge in [-0.25, -0.2) is 8.42 Å². The molecule has 2 aromatic rings. The van der Waals surface area contributed by atoms with Crippen LogP contribution in [-0.2, 0) is 16.2 Å². The Morgan fingerprint density at radius 1 is 1.00 bits per heavy atom. The molecule has 0 amide bonds. The molecular formula is C19H18F3N3O3S. The van der Waals surface area contributed by atoms with E-state index in [1.165, 1.54) is 10.5 Å². The van der Waals surface area contributed by atoms with Crippen molar-refractivity contribution in [1.82, 2.24) is 14.5 Å². The van der Waals surface area contributed by atoms with Crippen LogP contribution < -0.4 is 0 Å². The zero-order valence-electron chi connectivity index (χ0n) is 15.2. The number of carbonyl (C=O) groups excluding carboxylic acids is 1. The predicted molar refractivity (Wildman–Crippen MR) is 95.4 cm³/mol. The van der Waals surface area contributed by atoms with Gasteiger partial charge < -0.3 is 0 Å². The first-order chi connectivity index (χ1) is 13.7. The van der Waals surface area contributed by atoms with Crippen molar-refractivity contribution in [3.05, 3.63) is 47.3 Å². The molecule has 0 saturated heterocycles. The summed E-state index contributed by atoms with van der Waals surface area (Å²) in [5, 5.41) is 6.69. The summed E-state index contributed by atoms with van der Waals surface area (Å²) in [5.74, 6) is -0.318. The van der Waals surface area contributed by atoms with Crippen LogP contribution in [0.1, 0.15) is 53.3 Å². The van der Waals surface area contributed by atoms with Gasteiger partial charge in [-0.3, -0.25) is 9.89 Å². The number of nitrogens with one attached hydrogen (secondary N) is 1. The lowest BCUT2D eigenvalue weighted by atomic mass is 9.90. The molecule has 0 radical (unpaired) electrons. The highest BCUT2D eigenvalue weighted by molar-refractivity contribution is 7.89. The third kappa shape index (κ3) is 3.00. The molecule has 154 valence electrons. The van der Waals surface area contributed by atoms with Crippen molar-refractivity contribution in [1.29, 1.82) is 0 Å². The molecule has 1 aromatic carbocycles. The molecule has 2 atom stereocenters. The number of halogens is 3. The average molecular weight is 425 g/mol. The topological polar surface area (TPSA) is 83.1 Å².